The lowest BCUT2D eigenvalue weighted by molar-refractivity contribution is -0.145. The summed E-state index contributed by atoms with van der Waals surface area (Å²) in [6.45, 7) is 5.83. The fourth-order valence-electron chi connectivity index (χ4n) is 1.37. The predicted molar refractivity (Wildman–Crippen MR) is 49.1 cm³/mol. The zero-order valence-electron chi connectivity index (χ0n) is 8.53. The van der Waals surface area contributed by atoms with Crippen molar-refractivity contribution in [3.63, 3.8) is 0 Å². The van der Waals surface area contributed by atoms with Crippen molar-refractivity contribution in [2.75, 3.05) is 14.1 Å². The molecule has 0 spiro atoms. The lowest BCUT2D eigenvalue weighted by Gasteiger charge is -2.28. The largest absolute Gasteiger partial charge is 0.481 e. The van der Waals surface area contributed by atoms with E-state index < -0.39 is 5.97 Å². The number of hydrogen-bond donors (Lipinski definition) is 1. The van der Waals surface area contributed by atoms with Crippen LogP contribution >= 0.6 is 0 Å². The first-order valence-electron chi connectivity index (χ1n) is 4.27. The first-order chi connectivity index (χ1) is 5.37. The molecule has 0 aliphatic carbocycles. The summed E-state index contributed by atoms with van der Waals surface area (Å²) in [7, 11) is 3.81. The van der Waals surface area contributed by atoms with Gasteiger partial charge in [-0.3, -0.25) is 4.79 Å². The molecule has 0 heterocycles. The van der Waals surface area contributed by atoms with Gasteiger partial charge in [0, 0.05) is 6.04 Å². The molecule has 0 amide bonds. The van der Waals surface area contributed by atoms with E-state index >= 15 is 0 Å². The number of nitrogens with zero attached hydrogens (tertiary/aromatic N) is 1. The second-order valence-electron chi connectivity index (χ2n) is 3.81. The van der Waals surface area contributed by atoms with Crippen LogP contribution in [0.15, 0.2) is 0 Å². The first kappa shape index (κ1) is 11.4. The van der Waals surface area contributed by atoms with Crippen molar-refractivity contribution < 1.29 is 9.90 Å². The number of carbonyl (C=O) groups is 1. The van der Waals surface area contributed by atoms with Crippen molar-refractivity contribution in [2.24, 2.45) is 11.8 Å². The van der Waals surface area contributed by atoms with Crippen molar-refractivity contribution in [1.29, 1.82) is 0 Å². The van der Waals surface area contributed by atoms with E-state index in [2.05, 4.69) is 0 Å². The van der Waals surface area contributed by atoms with Gasteiger partial charge in [0.15, 0.2) is 0 Å². The maximum atomic E-state index is 10.9. The van der Waals surface area contributed by atoms with Gasteiger partial charge >= 0.3 is 5.97 Å². The Labute approximate surface area is 74.4 Å². The second-order valence-corrected chi connectivity index (χ2v) is 3.81. The number of aliphatic carboxylic acids is 1. The number of hydrogen-bond acceptors (Lipinski definition) is 2. The van der Waals surface area contributed by atoms with Gasteiger partial charge in [0.1, 0.15) is 0 Å². The molecular formula is C9H19NO2. The van der Waals surface area contributed by atoms with Crippen molar-refractivity contribution in [3.8, 4) is 0 Å². The standard InChI is InChI=1S/C9H19NO2/c1-6(2)8(9(11)12)7(3)10(4)5/h6-8H,1-5H3,(H,11,12). The summed E-state index contributed by atoms with van der Waals surface area (Å²) in [4.78, 5) is 12.8. The van der Waals surface area contributed by atoms with Crippen molar-refractivity contribution in [2.45, 2.75) is 26.8 Å². The SMILES string of the molecule is CC(C)C(C(=O)O)C(C)N(C)C. The molecular weight excluding hydrogens is 154 g/mol. The maximum Gasteiger partial charge on any atom is 0.308 e. The third kappa shape index (κ3) is 2.81. The minimum absolute atomic E-state index is 0.0856. The highest BCUT2D eigenvalue weighted by Gasteiger charge is 2.28. The molecule has 0 aliphatic rings. The van der Waals surface area contributed by atoms with Gasteiger partial charge in [-0.2, -0.15) is 0 Å². The van der Waals surface area contributed by atoms with Gasteiger partial charge in [-0.25, -0.2) is 0 Å². The smallest absolute Gasteiger partial charge is 0.308 e. The van der Waals surface area contributed by atoms with E-state index in [1.54, 1.807) is 0 Å². The molecule has 0 bridgehead atoms. The average molecular weight is 173 g/mol. The molecule has 0 aliphatic heterocycles. The molecule has 1 N–H and O–H groups in total. The third-order valence-corrected chi connectivity index (χ3v) is 2.34. The zero-order valence-corrected chi connectivity index (χ0v) is 8.53. The van der Waals surface area contributed by atoms with Gasteiger partial charge in [-0.05, 0) is 26.9 Å². The summed E-state index contributed by atoms with van der Waals surface area (Å²) in [5, 5.41) is 8.94. The normalized spacial score (nSPS) is 16.6. The fourth-order valence-corrected chi connectivity index (χ4v) is 1.37. The van der Waals surface area contributed by atoms with Crippen LogP contribution < -0.4 is 0 Å². The summed E-state index contributed by atoms with van der Waals surface area (Å²) in [5.74, 6) is -0.800. The van der Waals surface area contributed by atoms with Crippen molar-refractivity contribution in [1.82, 2.24) is 4.90 Å². The molecule has 0 aromatic carbocycles. The van der Waals surface area contributed by atoms with Crippen LogP contribution in [0.3, 0.4) is 0 Å². The summed E-state index contributed by atoms with van der Waals surface area (Å²) in [6.07, 6.45) is 0. The van der Waals surface area contributed by atoms with Gasteiger partial charge in [-0.15, -0.1) is 0 Å². The van der Waals surface area contributed by atoms with Crippen LogP contribution in [0.5, 0.6) is 0 Å². The average Bonchev–Trinajstić information content (AvgIpc) is 1.85. The number of rotatable bonds is 4. The molecule has 0 saturated heterocycles. The van der Waals surface area contributed by atoms with E-state index in [0.29, 0.717) is 0 Å². The Morgan fingerprint density at radius 2 is 1.67 bits per heavy atom. The summed E-state index contributed by atoms with van der Waals surface area (Å²) >= 11 is 0. The van der Waals surface area contributed by atoms with Crippen LogP contribution in [0, 0.1) is 11.8 Å². The topological polar surface area (TPSA) is 40.5 Å². The van der Waals surface area contributed by atoms with Gasteiger partial charge < -0.3 is 10.0 Å². The Morgan fingerprint density at radius 3 is 1.75 bits per heavy atom. The molecule has 3 nitrogen and oxygen atoms in total. The Balaban J connectivity index is 4.40. The van der Waals surface area contributed by atoms with E-state index in [1.807, 2.05) is 39.8 Å². The Kier molecular flexibility index (Phi) is 4.24. The van der Waals surface area contributed by atoms with Crippen LogP contribution in [-0.2, 0) is 4.79 Å². The highest BCUT2D eigenvalue weighted by molar-refractivity contribution is 5.71. The molecule has 2 unspecified atom stereocenters. The van der Waals surface area contributed by atoms with Crippen LogP contribution in [0.2, 0.25) is 0 Å². The Hall–Kier alpha value is -0.570. The lowest BCUT2D eigenvalue weighted by atomic mass is 9.89. The highest BCUT2D eigenvalue weighted by atomic mass is 16.4. The predicted octanol–water partition coefficient (Wildman–Crippen LogP) is 1.29. The lowest BCUT2D eigenvalue weighted by Crippen LogP contribution is -2.39. The van der Waals surface area contributed by atoms with Crippen LogP contribution in [0.1, 0.15) is 20.8 Å². The van der Waals surface area contributed by atoms with E-state index in [4.69, 9.17) is 5.11 Å². The third-order valence-electron chi connectivity index (χ3n) is 2.34. The fraction of sp³-hybridized carbons (Fsp3) is 0.889. The Morgan fingerprint density at radius 1 is 1.25 bits per heavy atom. The number of carboxylic acids is 1. The molecule has 0 saturated carbocycles. The molecule has 72 valence electrons. The second kappa shape index (κ2) is 4.45. The Bertz CT molecular complexity index is 155. The molecule has 12 heavy (non-hydrogen) atoms. The molecule has 0 aromatic heterocycles. The van der Waals surface area contributed by atoms with E-state index in [9.17, 15) is 4.79 Å². The first-order valence-corrected chi connectivity index (χ1v) is 4.27. The number of carboxylic acid groups (broad SMARTS) is 1. The zero-order chi connectivity index (χ0) is 9.89. The van der Waals surface area contributed by atoms with E-state index in [0.717, 1.165) is 0 Å². The minimum Gasteiger partial charge on any atom is -0.481 e. The molecule has 0 fully saturated rings. The summed E-state index contributed by atoms with van der Waals surface area (Å²) in [6, 6.07) is 0.0856. The minimum atomic E-state index is -0.703. The molecule has 0 radical (unpaired) electrons. The molecule has 2 atom stereocenters. The van der Waals surface area contributed by atoms with Gasteiger partial charge in [0.2, 0.25) is 0 Å². The van der Waals surface area contributed by atoms with E-state index in [1.165, 1.54) is 0 Å². The van der Waals surface area contributed by atoms with Crippen LogP contribution in [0.4, 0.5) is 0 Å². The van der Waals surface area contributed by atoms with Crippen LogP contribution in [-0.4, -0.2) is 36.1 Å². The molecule has 0 aromatic rings. The van der Waals surface area contributed by atoms with Crippen molar-refractivity contribution >= 4 is 5.97 Å². The quantitative estimate of drug-likeness (QED) is 0.696. The monoisotopic (exact) mass is 173 g/mol. The van der Waals surface area contributed by atoms with Gasteiger partial charge in [0.05, 0.1) is 5.92 Å². The van der Waals surface area contributed by atoms with Gasteiger partial charge in [-0.1, -0.05) is 13.8 Å². The maximum absolute atomic E-state index is 10.9. The summed E-state index contributed by atoms with van der Waals surface area (Å²) in [5.41, 5.74) is 0. The molecule has 0 rings (SSSR count). The molecule has 3 heteroatoms. The van der Waals surface area contributed by atoms with Crippen molar-refractivity contribution in [3.05, 3.63) is 0 Å². The van der Waals surface area contributed by atoms with E-state index in [-0.39, 0.29) is 17.9 Å². The highest BCUT2D eigenvalue weighted by Crippen LogP contribution is 2.18. The summed E-state index contributed by atoms with van der Waals surface area (Å²) < 4.78 is 0. The van der Waals surface area contributed by atoms with Crippen LogP contribution in [0.25, 0.3) is 0 Å². The van der Waals surface area contributed by atoms with Gasteiger partial charge in [0.25, 0.3) is 0 Å².